The molecule has 0 heterocycles. The first kappa shape index (κ1) is 15.8. The van der Waals surface area contributed by atoms with Gasteiger partial charge in [-0.25, -0.2) is 0 Å². The number of hydrogen-bond acceptors (Lipinski definition) is 3. The molecule has 112 valence electrons. The highest BCUT2D eigenvalue weighted by Crippen LogP contribution is 2.36. The second-order valence-electron chi connectivity index (χ2n) is 5.97. The standard InChI is InChI=1S/C16H25BrN2O/c1-12(13-6-7-15(20-4)14(17)10-13)18-11-16(19(2)3)8-5-9-16/h6-7,10,12,18H,5,8-9,11H2,1-4H3. The van der Waals surface area contributed by atoms with Gasteiger partial charge in [0.2, 0.25) is 0 Å². The van der Waals surface area contributed by atoms with E-state index in [1.807, 2.05) is 6.07 Å². The van der Waals surface area contributed by atoms with Crippen LogP contribution in [0.25, 0.3) is 0 Å². The Morgan fingerprint density at radius 3 is 2.55 bits per heavy atom. The molecule has 1 aliphatic carbocycles. The van der Waals surface area contributed by atoms with Crippen LogP contribution in [0.1, 0.15) is 37.8 Å². The Labute approximate surface area is 130 Å². The van der Waals surface area contributed by atoms with Crippen molar-refractivity contribution < 1.29 is 4.74 Å². The van der Waals surface area contributed by atoms with Gasteiger partial charge in [-0.2, -0.15) is 0 Å². The minimum Gasteiger partial charge on any atom is -0.496 e. The van der Waals surface area contributed by atoms with Gasteiger partial charge in [0.05, 0.1) is 11.6 Å². The first-order chi connectivity index (χ1) is 9.48. The summed E-state index contributed by atoms with van der Waals surface area (Å²) in [6.45, 7) is 3.26. The summed E-state index contributed by atoms with van der Waals surface area (Å²) >= 11 is 3.55. The summed E-state index contributed by atoms with van der Waals surface area (Å²) in [6.07, 6.45) is 3.94. The SMILES string of the molecule is COc1ccc(C(C)NCC2(N(C)C)CCC2)cc1Br. The molecule has 1 saturated carbocycles. The predicted molar refractivity (Wildman–Crippen MR) is 87.4 cm³/mol. The average molecular weight is 341 g/mol. The maximum absolute atomic E-state index is 5.28. The van der Waals surface area contributed by atoms with Gasteiger partial charge in [0, 0.05) is 18.1 Å². The molecule has 0 aliphatic heterocycles. The van der Waals surface area contributed by atoms with Crippen LogP contribution < -0.4 is 10.1 Å². The lowest BCUT2D eigenvalue weighted by Gasteiger charge is -2.48. The van der Waals surface area contributed by atoms with Crippen molar-refractivity contribution in [2.75, 3.05) is 27.7 Å². The van der Waals surface area contributed by atoms with Crippen LogP contribution in [0.2, 0.25) is 0 Å². The average Bonchev–Trinajstić information content (AvgIpc) is 2.36. The van der Waals surface area contributed by atoms with E-state index in [9.17, 15) is 0 Å². The number of likely N-dealkylation sites (N-methyl/N-ethyl adjacent to an activating group) is 1. The molecule has 20 heavy (non-hydrogen) atoms. The zero-order valence-electron chi connectivity index (χ0n) is 12.9. The van der Waals surface area contributed by atoms with Crippen LogP contribution in [-0.4, -0.2) is 38.2 Å². The topological polar surface area (TPSA) is 24.5 Å². The lowest BCUT2D eigenvalue weighted by atomic mass is 9.75. The molecule has 2 rings (SSSR count). The quantitative estimate of drug-likeness (QED) is 0.856. The number of methoxy groups -OCH3 is 1. The molecule has 1 atom stereocenters. The lowest BCUT2D eigenvalue weighted by molar-refractivity contribution is 0.0576. The Morgan fingerprint density at radius 1 is 1.40 bits per heavy atom. The minimum atomic E-state index is 0.342. The molecular weight excluding hydrogens is 316 g/mol. The van der Waals surface area contributed by atoms with Crippen LogP contribution in [0.4, 0.5) is 0 Å². The summed E-state index contributed by atoms with van der Waals surface area (Å²) < 4.78 is 6.29. The van der Waals surface area contributed by atoms with Crippen LogP contribution in [-0.2, 0) is 0 Å². The van der Waals surface area contributed by atoms with E-state index in [-0.39, 0.29) is 0 Å². The monoisotopic (exact) mass is 340 g/mol. The fourth-order valence-corrected chi connectivity index (χ4v) is 3.34. The highest BCUT2D eigenvalue weighted by atomic mass is 79.9. The van der Waals surface area contributed by atoms with E-state index in [4.69, 9.17) is 4.74 Å². The molecule has 3 nitrogen and oxygen atoms in total. The zero-order valence-corrected chi connectivity index (χ0v) is 14.5. The van der Waals surface area contributed by atoms with Crippen molar-refractivity contribution in [3.05, 3.63) is 28.2 Å². The van der Waals surface area contributed by atoms with E-state index in [1.165, 1.54) is 24.8 Å². The zero-order chi connectivity index (χ0) is 14.8. The first-order valence-corrected chi connectivity index (χ1v) is 8.02. The Hall–Kier alpha value is -0.580. The summed E-state index contributed by atoms with van der Waals surface area (Å²) in [5.74, 6) is 0.879. The van der Waals surface area contributed by atoms with Gasteiger partial charge in [0.15, 0.2) is 0 Å². The summed E-state index contributed by atoms with van der Waals surface area (Å²) in [7, 11) is 6.07. The molecule has 1 N–H and O–H groups in total. The molecule has 0 amide bonds. The van der Waals surface area contributed by atoms with Crippen molar-refractivity contribution in [2.45, 2.75) is 37.8 Å². The number of halogens is 1. The summed E-state index contributed by atoms with van der Waals surface area (Å²) in [4.78, 5) is 2.38. The van der Waals surface area contributed by atoms with Gasteiger partial charge >= 0.3 is 0 Å². The fourth-order valence-electron chi connectivity index (χ4n) is 2.78. The van der Waals surface area contributed by atoms with Crippen LogP contribution in [0.15, 0.2) is 22.7 Å². The molecular formula is C16H25BrN2O. The molecule has 1 aliphatic rings. The molecule has 1 aromatic rings. The van der Waals surface area contributed by atoms with Gasteiger partial charge in [-0.1, -0.05) is 6.07 Å². The van der Waals surface area contributed by atoms with Crippen molar-refractivity contribution >= 4 is 15.9 Å². The second-order valence-corrected chi connectivity index (χ2v) is 6.82. The molecule has 0 spiro atoms. The maximum Gasteiger partial charge on any atom is 0.133 e. The van der Waals surface area contributed by atoms with Gasteiger partial charge < -0.3 is 15.0 Å². The van der Waals surface area contributed by atoms with Gasteiger partial charge in [0.25, 0.3) is 0 Å². The number of nitrogens with zero attached hydrogens (tertiary/aromatic N) is 1. The van der Waals surface area contributed by atoms with Crippen LogP contribution >= 0.6 is 15.9 Å². The van der Waals surface area contributed by atoms with Crippen molar-refractivity contribution in [1.29, 1.82) is 0 Å². The highest BCUT2D eigenvalue weighted by molar-refractivity contribution is 9.10. The van der Waals surface area contributed by atoms with E-state index in [2.05, 4.69) is 59.3 Å². The summed E-state index contributed by atoms with van der Waals surface area (Å²) in [5.41, 5.74) is 1.64. The van der Waals surface area contributed by atoms with Crippen LogP contribution in [0, 0.1) is 0 Å². The van der Waals surface area contributed by atoms with Gasteiger partial charge in [-0.05, 0) is 73.9 Å². The Balaban J connectivity index is 1.98. The fraction of sp³-hybridized carbons (Fsp3) is 0.625. The molecule has 1 aromatic carbocycles. The third-order valence-corrected chi connectivity index (χ3v) is 5.27. The van der Waals surface area contributed by atoms with Gasteiger partial charge in [-0.15, -0.1) is 0 Å². The summed E-state index contributed by atoms with van der Waals surface area (Å²) in [6, 6.07) is 6.63. The van der Waals surface area contributed by atoms with E-state index >= 15 is 0 Å². The van der Waals surface area contributed by atoms with Crippen LogP contribution in [0.3, 0.4) is 0 Å². The van der Waals surface area contributed by atoms with E-state index in [0.717, 1.165) is 16.8 Å². The molecule has 1 fully saturated rings. The lowest BCUT2D eigenvalue weighted by Crippen LogP contribution is -2.56. The van der Waals surface area contributed by atoms with E-state index in [0.29, 0.717) is 11.6 Å². The Kier molecular flexibility index (Phi) is 5.10. The third kappa shape index (κ3) is 3.18. The number of benzene rings is 1. The normalized spacial score (nSPS) is 18.7. The van der Waals surface area contributed by atoms with E-state index in [1.54, 1.807) is 7.11 Å². The number of nitrogens with one attached hydrogen (secondary N) is 1. The van der Waals surface area contributed by atoms with Crippen molar-refractivity contribution in [2.24, 2.45) is 0 Å². The first-order valence-electron chi connectivity index (χ1n) is 7.23. The molecule has 0 bridgehead atoms. The number of ether oxygens (including phenoxy) is 1. The van der Waals surface area contributed by atoms with Crippen molar-refractivity contribution in [3.8, 4) is 5.75 Å². The summed E-state index contributed by atoms with van der Waals surface area (Å²) in [5, 5.41) is 3.68. The highest BCUT2D eigenvalue weighted by Gasteiger charge is 2.38. The number of hydrogen-bond donors (Lipinski definition) is 1. The van der Waals surface area contributed by atoms with Crippen LogP contribution in [0.5, 0.6) is 5.75 Å². The minimum absolute atomic E-state index is 0.342. The third-order valence-electron chi connectivity index (χ3n) is 4.65. The molecule has 0 radical (unpaired) electrons. The van der Waals surface area contributed by atoms with Crippen molar-refractivity contribution in [1.82, 2.24) is 10.2 Å². The number of rotatable bonds is 6. The largest absolute Gasteiger partial charge is 0.496 e. The smallest absolute Gasteiger partial charge is 0.133 e. The van der Waals surface area contributed by atoms with Crippen molar-refractivity contribution in [3.63, 3.8) is 0 Å². The maximum atomic E-state index is 5.28. The second kappa shape index (κ2) is 6.46. The molecule has 0 saturated heterocycles. The van der Waals surface area contributed by atoms with Gasteiger partial charge in [0.1, 0.15) is 5.75 Å². The molecule has 4 heteroatoms. The predicted octanol–water partition coefficient (Wildman–Crippen LogP) is 3.59. The molecule has 1 unspecified atom stereocenters. The molecule has 0 aromatic heterocycles. The van der Waals surface area contributed by atoms with E-state index < -0.39 is 0 Å². The Morgan fingerprint density at radius 2 is 2.10 bits per heavy atom. The van der Waals surface area contributed by atoms with Gasteiger partial charge in [-0.3, -0.25) is 0 Å². The Bertz CT molecular complexity index is 458.